The smallest absolute Gasteiger partial charge is 0.317 e. The summed E-state index contributed by atoms with van der Waals surface area (Å²) in [5.41, 5.74) is 0. The Bertz CT molecular complexity index is 174. The molecule has 1 rings (SSSR count). The SMILES string of the molecule is CC1CCC(NC(=O)N(C)C)CN1. The highest BCUT2D eigenvalue weighted by atomic mass is 16.2. The largest absolute Gasteiger partial charge is 0.334 e. The standard InChI is InChI=1S/C9H19N3O/c1-7-4-5-8(6-10-7)11-9(13)12(2)3/h7-8,10H,4-6H2,1-3H3,(H,11,13). The first-order valence-corrected chi connectivity index (χ1v) is 4.81. The average Bonchev–Trinajstić information content (AvgIpc) is 2.08. The number of amides is 2. The molecule has 4 nitrogen and oxygen atoms in total. The fourth-order valence-electron chi connectivity index (χ4n) is 1.43. The van der Waals surface area contributed by atoms with E-state index in [4.69, 9.17) is 0 Å². The van der Waals surface area contributed by atoms with Crippen molar-refractivity contribution >= 4 is 6.03 Å². The summed E-state index contributed by atoms with van der Waals surface area (Å²) in [5, 5.41) is 6.31. The molecule has 0 aromatic carbocycles. The molecule has 2 unspecified atom stereocenters. The van der Waals surface area contributed by atoms with Crippen LogP contribution >= 0.6 is 0 Å². The summed E-state index contributed by atoms with van der Waals surface area (Å²) in [7, 11) is 3.52. The van der Waals surface area contributed by atoms with E-state index in [1.807, 2.05) is 0 Å². The van der Waals surface area contributed by atoms with Crippen LogP contribution in [0.4, 0.5) is 4.79 Å². The minimum absolute atomic E-state index is 0.00125. The third kappa shape index (κ3) is 3.22. The maximum absolute atomic E-state index is 11.3. The van der Waals surface area contributed by atoms with E-state index < -0.39 is 0 Å². The number of hydrogen-bond acceptors (Lipinski definition) is 2. The Kier molecular flexibility index (Phi) is 3.54. The van der Waals surface area contributed by atoms with Crippen LogP contribution in [0.1, 0.15) is 19.8 Å². The number of urea groups is 1. The molecular weight excluding hydrogens is 166 g/mol. The Morgan fingerprint density at radius 1 is 1.46 bits per heavy atom. The van der Waals surface area contributed by atoms with Crippen molar-refractivity contribution in [1.29, 1.82) is 0 Å². The number of carbonyl (C=O) groups excluding carboxylic acids is 1. The normalized spacial score (nSPS) is 28.2. The maximum Gasteiger partial charge on any atom is 0.317 e. The van der Waals surface area contributed by atoms with Gasteiger partial charge in [0, 0.05) is 32.7 Å². The molecule has 0 bridgehead atoms. The summed E-state index contributed by atoms with van der Waals surface area (Å²) >= 11 is 0. The first-order chi connectivity index (χ1) is 6.09. The Balaban J connectivity index is 2.26. The van der Waals surface area contributed by atoms with Crippen molar-refractivity contribution in [3.05, 3.63) is 0 Å². The first-order valence-electron chi connectivity index (χ1n) is 4.81. The molecule has 0 aliphatic carbocycles. The van der Waals surface area contributed by atoms with E-state index in [2.05, 4.69) is 17.6 Å². The zero-order chi connectivity index (χ0) is 9.84. The third-order valence-electron chi connectivity index (χ3n) is 2.39. The van der Waals surface area contributed by atoms with Crippen LogP contribution in [0.15, 0.2) is 0 Å². The lowest BCUT2D eigenvalue weighted by atomic mass is 10.0. The summed E-state index contributed by atoms with van der Waals surface area (Å²) in [6.45, 7) is 3.06. The number of carbonyl (C=O) groups is 1. The van der Waals surface area contributed by atoms with Crippen molar-refractivity contribution in [1.82, 2.24) is 15.5 Å². The fraction of sp³-hybridized carbons (Fsp3) is 0.889. The average molecular weight is 185 g/mol. The lowest BCUT2D eigenvalue weighted by Gasteiger charge is -2.29. The number of hydrogen-bond donors (Lipinski definition) is 2. The van der Waals surface area contributed by atoms with Crippen molar-refractivity contribution < 1.29 is 4.79 Å². The Morgan fingerprint density at radius 3 is 2.62 bits per heavy atom. The lowest BCUT2D eigenvalue weighted by Crippen LogP contribution is -2.50. The van der Waals surface area contributed by atoms with Gasteiger partial charge in [0.25, 0.3) is 0 Å². The van der Waals surface area contributed by atoms with Crippen LogP contribution in [0.3, 0.4) is 0 Å². The van der Waals surface area contributed by atoms with E-state index in [1.54, 1.807) is 19.0 Å². The van der Waals surface area contributed by atoms with Gasteiger partial charge in [-0.2, -0.15) is 0 Å². The van der Waals surface area contributed by atoms with Gasteiger partial charge in [-0.15, -0.1) is 0 Å². The molecule has 0 radical (unpaired) electrons. The van der Waals surface area contributed by atoms with Gasteiger partial charge in [0.15, 0.2) is 0 Å². The van der Waals surface area contributed by atoms with Crippen LogP contribution in [0.5, 0.6) is 0 Å². The second kappa shape index (κ2) is 4.46. The minimum Gasteiger partial charge on any atom is -0.334 e. The lowest BCUT2D eigenvalue weighted by molar-refractivity contribution is 0.208. The molecule has 1 saturated heterocycles. The minimum atomic E-state index is 0.00125. The first kappa shape index (κ1) is 10.3. The number of nitrogens with zero attached hydrogens (tertiary/aromatic N) is 1. The van der Waals surface area contributed by atoms with E-state index in [1.165, 1.54) is 0 Å². The van der Waals surface area contributed by atoms with Crippen LogP contribution in [-0.4, -0.2) is 43.7 Å². The van der Waals surface area contributed by atoms with Crippen molar-refractivity contribution in [2.75, 3.05) is 20.6 Å². The van der Waals surface area contributed by atoms with Gasteiger partial charge in [-0.1, -0.05) is 0 Å². The van der Waals surface area contributed by atoms with E-state index in [-0.39, 0.29) is 6.03 Å². The molecular formula is C9H19N3O. The van der Waals surface area contributed by atoms with Gasteiger partial charge in [0.05, 0.1) is 0 Å². The number of nitrogens with one attached hydrogen (secondary N) is 2. The highest BCUT2D eigenvalue weighted by Gasteiger charge is 2.19. The predicted octanol–water partition coefficient (Wildman–Crippen LogP) is 0.398. The van der Waals surface area contributed by atoms with Crippen LogP contribution in [0.2, 0.25) is 0 Å². The molecule has 0 saturated carbocycles. The zero-order valence-corrected chi connectivity index (χ0v) is 8.63. The van der Waals surface area contributed by atoms with Gasteiger partial charge in [0.2, 0.25) is 0 Å². The molecule has 0 aromatic rings. The van der Waals surface area contributed by atoms with Gasteiger partial charge in [-0.05, 0) is 19.8 Å². The molecule has 2 amide bonds. The molecule has 0 spiro atoms. The predicted molar refractivity (Wildman–Crippen MR) is 52.7 cm³/mol. The second-order valence-electron chi connectivity index (χ2n) is 3.93. The van der Waals surface area contributed by atoms with Crippen LogP contribution in [0, 0.1) is 0 Å². The molecule has 1 aliphatic heterocycles. The quantitative estimate of drug-likeness (QED) is 0.621. The Labute approximate surface area is 79.7 Å². The van der Waals surface area contributed by atoms with Crippen LogP contribution < -0.4 is 10.6 Å². The van der Waals surface area contributed by atoms with Gasteiger partial charge in [-0.3, -0.25) is 0 Å². The number of piperidine rings is 1. The Morgan fingerprint density at radius 2 is 2.15 bits per heavy atom. The van der Waals surface area contributed by atoms with Crippen LogP contribution in [0.25, 0.3) is 0 Å². The van der Waals surface area contributed by atoms with Gasteiger partial charge >= 0.3 is 6.03 Å². The molecule has 76 valence electrons. The summed E-state index contributed by atoms with van der Waals surface area (Å²) in [4.78, 5) is 12.8. The fourth-order valence-corrected chi connectivity index (χ4v) is 1.43. The van der Waals surface area contributed by atoms with Crippen molar-refractivity contribution in [3.8, 4) is 0 Å². The van der Waals surface area contributed by atoms with E-state index in [9.17, 15) is 4.79 Å². The summed E-state index contributed by atoms with van der Waals surface area (Å²) in [6.07, 6.45) is 2.21. The topological polar surface area (TPSA) is 44.4 Å². The summed E-state index contributed by atoms with van der Waals surface area (Å²) < 4.78 is 0. The third-order valence-corrected chi connectivity index (χ3v) is 2.39. The highest BCUT2D eigenvalue weighted by molar-refractivity contribution is 5.73. The van der Waals surface area contributed by atoms with Gasteiger partial charge in [0.1, 0.15) is 0 Å². The van der Waals surface area contributed by atoms with Crippen molar-refractivity contribution in [2.24, 2.45) is 0 Å². The summed E-state index contributed by atoms with van der Waals surface area (Å²) in [5.74, 6) is 0. The van der Waals surface area contributed by atoms with E-state index in [0.29, 0.717) is 12.1 Å². The Hall–Kier alpha value is -0.770. The molecule has 1 fully saturated rings. The highest BCUT2D eigenvalue weighted by Crippen LogP contribution is 2.07. The van der Waals surface area contributed by atoms with Gasteiger partial charge in [-0.25, -0.2) is 4.79 Å². The van der Waals surface area contributed by atoms with E-state index in [0.717, 1.165) is 19.4 Å². The molecule has 4 heteroatoms. The van der Waals surface area contributed by atoms with Crippen molar-refractivity contribution in [3.63, 3.8) is 0 Å². The van der Waals surface area contributed by atoms with E-state index >= 15 is 0 Å². The van der Waals surface area contributed by atoms with Crippen LogP contribution in [-0.2, 0) is 0 Å². The van der Waals surface area contributed by atoms with Crippen molar-refractivity contribution in [2.45, 2.75) is 31.8 Å². The summed E-state index contributed by atoms with van der Waals surface area (Å²) in [6, 6.07) is 0.889. The number of rotatable bonds is 1. The molecule has 1 heterocycles. The molecule has 1 aliphatic rings. The zero-order valence-electron chi connectivity index (χ0n) is 8.63. The maximum atomic E-state index is 11.3. The van der Waals surface area contributed by atoms with Gasteiger partial charge < -0.3 is 15.5 Å². The second-order valence-corrected chi connectivity index (χ2v) is 3.93. The molecule has 0 aromatic heterocycles. The molecule has 2 atom stereocenters. The molecule has 13 heavy (non-hydrogen) atoms. The monoisotopic (exact) mass is 185 g/mol. The molecule has 2 N–H and O–H groups in total.